The monoisotopic (exact) mass is 327 g/mol. The van der Waals surface area contributed by atoms with Crippen molar-refractivity contribution >= 4 is 10.0 Å². The van der Waals surface area contributed by atoms with E-state index in [0.29, 0.717) is 24.8 Å². The average molecular weight is 327 g/mol. The summed E-state index contributed by atoms with van der Waals surface area (Å²) in [6, 6.07) is 6.51. The zero-order valence-corrected chi connectivity index (χ0v) is 13.9. The molecule has 5 nitrogen and oxygen atoms in total. The van der Waals surface area contributed by atoms with E-state index in [0.717, 1.165) is 38.9 Å². The largest absolute Gasteiger partial charge is 0.494 e. The van der Waals surface area contributed by atoms with E-state index in [1.807, 2.05) is 6.92 Å². The van der Waals surface area contributed by atoms with Crippen LogP contribution < -0.4 is 9.46 Å². The molecule has 22 heavy (non-hydrogen) atoms. The number of nitrogens with one attached hydrogen (secondary N) is 1. The van der Waals surface area contributed by atoms with E-state index >= 15 is 0 Å². The van der Waals surface area contributed by atoms with Crippen LogP contribution in [0.2, 0.25) is 0 Å². The molecule has 1 aliphatic heterocycles. The lowest BCUT2D eigenvalue weighted by molar-refractivity contribution is 0.0634. The standard InChI is InChI=1S/C16H25NO4S/c1-2-21-15-5-7-16(8-6-15)22(18,19)17-11-3-4-14-9-12-20-13-10-14/h5-8,14,17H,2-4,9-13H2,1H3. The summed E-state index contributed by atoms with van der Waals surface area (Å²) in [5, 5.41) is 0. The molecule has 0 unspecified atom stereocenters. The molecular formula is C16H25NO4S. The van der Waals surface area contributed by atoms with Crippen LogP contribution in [0.15, 0.2) is 29.2 Å². The van der Waals surface area contributed by atoms with Gasteiger partial charge in [0.2, 0.25) is 10.0 Å². The Morgan fingerprint density at radius 1 is 1.23 bits per heavy atom. The van der Waals surface area contributed by atoms with Crippen molar-refractivity contribution in [2.75, 3.05) is 26.4 Å². The van der Waals surface area contributed by atoms with E-state index in [9.17, 15) is 8.42 Å². The van der Waals surface area contributed by atoms with Crippen LogP contribution in [0.3, 0.4) is 0 Å². The minimum absolute atomic E-state index is 0.280. The number of ether oxygens (including phenoxy) is 2. The molecule has 0 radical (unpaired) electrons. The van der Waals surface area contributed by atoms with Crippen LogP contribution in [0.4, 0.5) is 0 Å². The van der Waals surface area contributed by atoms with Crippen LogP contribution in [-0.4, -0.2) is 34.8 Å². The van der Waals surface area contributed by atoms with Gasteiger partial charge in [-0.3, -0.25) is 0 Å². The third-order valence-electron chi connectivity index (χ3n) is 3.87. The third kappa shape index (κ3) is 5.26. The molecule has 1 N–H and O–H groups in total. The second kappa shape index (κ2) is 8.50. The predicted molar refractivity (Wildman–Crippen MR) is 85.6 cm³/mol. The topological polar surface area (TPSA) is 64.6 Å². The summed E-state index contributed by atoms with van der Waals surface area (Å²) in [5.41, 5.74) is 0. The van der Waals surface area contributed by atoms with Gasteiger partial charge < -0.3 is 9.47 Å². The minimum Gasteiger partial charge on any atom is -0.494 e. The maximum atomic E-state index is 12.2. The van der Waals surface area contributed by atoms with Gasteiger partial charge in [0.25, 0.3) is 0 Å². The Labute approximate surface area is 133 Å². The van der Waals surface area contributed by atoms with Crippen LogP contribution in [0, 0.1) is 5.92 Å². The zero-order chi connectivity index (χ0) is 15.8. The van der Waals surface area contributed by atoms with Gasteiger partial charge in [-0.1, -0.05) is 0 Å². The van der Waals surface area contributed by atoms with Gasteiger partial charge in [-0.15, -0.1) is 0 Å². The van der Waals surface area contributed by atoms with Gasteiger partial charge in [-0.25, -0.2) is 13.1 Å². The Kier molecular flexibility index (Phi) is 6.67. The molecule has 0 saturated carbocycles. The van der Waals surface area contributed by atoms with Crippen LogP contribution in [0.5, 0.6) is 5.75 Å². The lowest BCUT2D eigenvalue weighted by Crippen LogP contribution is -2.25. The van der Waals surface area contributed by atoms with Crippen LogP contribution >= 0.6 is 0 Å². The minimum atomic E-state index is -3.43. The molecule has 1 fully saturated rings. The Morgan fingerprint density at radius 3 is 2.55 bits per heavy atom. The molecule has 1 heterocycles. The smallest absolute Gasteiger partial charge is 0.240 e. The molecule has 0 aliphatic carbocycles. The van der Waals surface area contributed by atoms with Crippen LogP contribution in [-0.2, 0) is 14.8 Å². The molecule has 1 aromatic carbocycles. The van der Waals surface area contributed by atoms with Crippen molar-refractivity contribution in [3.05, 3.63) is 24.3 Å². The Hall–Kier alpha value is -1.11. The summed E-state index contributed by atoms with van der Waals surface area (Å²) >= 11 is 0. The van der Waals surface area contributed by atoms with Crippen molar-refractivity contribution in [2.45, 2.75) is 37.5 Å². The summed E-state index contributed by atoms with van der Waals surface area (Å²) < 4.78 is 37.7. The van der Waals surface area contributed by atoms with E-state index in [1.54, 1.807) is 24.3 Å². The molecule has 124 valence electrons. The number of rotatable bonds is 8. The highest BCUT2D eigenvalue weighted by Crippen LogP contribution is 2.20. The van der Waals surface area contributed by atoms with Crippen molar-refractivity contribution < 1.29 is 17.9 Å². The normalized spacial score (nSPS) is 16.6. The second-order valence-corrected chi connectivity index (χ2v) is 7.27. The van der Waals surface area contributed by atoms with E-state index in [4.69, 9.17) is 9.47 Å². The number of hydrogen-bond donors (Lipinski definition) is 1. The van der Waals surface area contributed by atoms with Gasteiger partial charge in [-0.05, 0) is 62.8 Å². The Balaban J connectivity index is 1.77. The quantitative estimate of drug-likeness (QED) is 0.745. The average Bonchev–Trinajstić information content (AvgIpc) is 2.53. The van der Waals surface area contributed by atoms with Gasteiger partial charge in [-0.2, -0.15) is 0 Å². The molecule has 0 aromatic heterocycles. The fourth-order valence-electron chi connectivity index (χ4n) is 2.60. The molecule has 2 rings (SSSR count). The first-order valence-electron chi connectivity index (χ1n) is 7.92. The van der Waals surface area contributed by atoms with Gasteiger partial charge in [0.05, 0.1) is 11.5 Å². The highest BCUT2D eigenvalue weighted by molar-refractivity contribution is 7.89. The molecular weight excluding hydrogens is 302 g/mol. The molecule has 0 spiro atoms. The first-order chi connectivity index (χ1) is 10.6. The number of hydrogen-bond acceptors (Lipinski definition) is 4. The predicted octanol–water partition coefficient (Wildman–Crippen LogP) is 2.57. The van der Waals surface area contributed by atoms with Gasteiger partial charge in [0.1, 0.15) is 5.75 Å². The van der Waals surface area contributed by atoms with Gasteiger partial charge in [0.15, 0.2) is 0 Å². The van der Waals surface area contributed by atoms with E-state index in [1.165, 1.54) is 0 Å². The summed E-state index contributed by atoms with van der Waals surface area (Å²) in [6.45, 7) is 4.61. The first kappa shape index (κ1) is 17.2. The van der Waals surface area contributed by atoms with E-state index < -0.39 is 10.0 Å². The van der Waals surface area contributed by atoms with Crippen molar-refractivity contribution in [2.24, 2.45) is 5.92 Å². The second-order valence-electron chi connectivity index (χ2n) is 5.50. The first-order valence-corrected chi connectivity index (χ1v) is 9.40. The molecule has 0 amide bonds. The molecule has 0 atom stereocenters. The number of sulfonamides is 1. The zero-order valence-electron chi connectivity index (χ0n) is 13.1. The highest BCUT2D eigenvalue weighted by atomic mass is 32.2. The van der Waals surface area contributed by atoms with Crippen molar-refractivity contribution in [3.8, 4) is 5.75 Å². The van der Waals surface area contributed by atoms with E-state index in [-0.39, 0.29) is 4.90 Å². The summed E-state index contributed by atoms with van der Waals surface area (Å²) in [6.07, 6.45) is 4.09. The van der Waals surface area contributed by atoms with E-state index in [2.05, 4.69) is 4.72 Å². The lowest BCUT2D eigenvalue weighted by Gasteiger charge is -2.21. The molecule has 1 aliphatic rings. The maximum Gasteiger partial charge on any atom is 0.240 e. The Morgan fingerprint density at radius 2 is 1.91 bits per heavy atom. The molecule has 6 heteroatoms. The fraction of sp³-hybridized carbons (Fsp3) is 0.625. The van der Waals surface area contributed by atoms with Crippen molar-refractivity contribution in [1.82, 2.24) is 4.72 Å². The van der Waals surface area contributed by atoms with Crippen molar-refractivity contribution in [1.29, 1.82) is 0 Å². The van der Waals surface area contributed by atoms with Crippen LogP contribution in [0.1, 0.15) is 32.6 Å². The third-order valence-corrected chi connectivity index (χ3v) is 5.34. The highest BCUT2D eigenvalue weighted by Gasteiger charge is 2.15. The van der Waals surface area contributed by atoms with Gasteiger partial charge >= 0.3 is 0 Å². The van der Waals surface area contributed by atoms with Crippen LogP contribution in [0.25, 0.3) is 0 Å². The molecule has 1 aromatic rings. The Bertz CT molecular complexity index is 536. The summed E-state index contributed by atoms with van der Waals surface area (Å²) in [4.78, 5) is 0.280. The number of benzene rings is 1. The summed E-state index contributed by atoms with van der Waals surface area (Å²) in [5.74, 6) is 1.35. The molecule has 0 bridgehead atoms. The maximum absolute atomic E-state index is 12.2. The molecule has 1 saturated heterocycles. The van der Waals surface area contributed by atoms with Crippen molar-refractivity contribution in [3.63, 3.8) is 0 Å². The fourth-order valence-corrected chi connectivity index (χ4v) is 3.67. The lowest BCUT2D eigenvalue weighted by atomic mass is 9.95. The SMILES string of the molecule is CCOc1ccc(S(=O)(=O)NCCCC2CCOCC2)cc1. The summed E-state index contributed by atoms with van der Waals surface area (Å²) in [7, 11) is -3.43. The van der Waals surface area contributed by atoms with Gasteiger partial charge in [0, 0.05) is 19.8 Å².